The van der Waals surface area contributed by atoms with Crippen LogP contribution in [0.15, 0.2) is 48.5 Å². The van der Waals surface area contributed by atoms with Crippen LogP contribution in [0.5, 0.6) is 5.75 Å². The van der Waals surface area contributed by atoms with Crippen LogP contribution in [-0.2, 0) is 19.4 Å². The fourth-order valence-corrected chi connectivity index (χ4v) is 4.25. The van der Waals surface area contributed by atoms with Gasteiger partial charge in [0.25, 0.3) is 11.8 Å². The van der Waals surface area contributed by atoms with Gasteiger partial charge in [-0.3, -0.25) is 14.5 Å². The van der Waals surface area contributed by atoms with Gasteiger partial charge in [0.05, 0.1) is 13.2 Å². The number of imide groups is 1. The monoisotopic (exact) mass is 357 g/mol. The van der Waals surface area contributed by atoms with Gasteiger partial charge in [-0.1, -0.05) is 24.3 Å². The molecule has 1 aliphatic carbocycles. The molecule has 0 saturated carbocycles. The van der Waals surface area contributed by atoms with Crippen LogP contribution in [0.2, 0.25) is 0 Å². The second-order valence-electron chi connectivity index (χ2n) is 7.07. The summed E-state index contributed by atoms with van der Waals surface area (Å²) < 4.78 is 5.46. The zero-order valence-corrected chi connectivity index (χ0v) is 15.1. The lowest BCUT2D eigenvalue weighted by Crippen LogP contribution is -2.39. The predicted molar refractivity (Wildman–Crippen MR) is 103 cm³/mol. The van der Waals surface area contributed by atoms with Gasteiger partial charge >= 0.3 is 0 Å². The molecule has 2 amide bonds. The number of rotatable bonds is 4. The largest absolute Gasteiger partial charge is 0.494 e. The number of nitrogens with zero attached hydrogens (tertiary/aromatic N) is 1. The maximum Gasteiger partial charge on any atom is 0.261 e. The van der Waals surface area contributed by atoms with Gasteiger partial charge in [-0.2, -0.15) is 0 Å². The lowest BCUT2D eigenvalue weighted by Gasteiger charge is -2.27. The minimum Gasteiger partial charge on any atom is -0.494 e. The van der Waals surface area contributed by atoms with E-state index in [9.17, 15) is 9.59 Å². The summed E-state index contributed by atoms with van der Waals surface area (Å²) in [5.74, 6) is 0.361. The zero-order chi connectivity index (χ0) is 18.5. The van der Waals surface area contributed by atoms with Crippen LogP contribution in [0.25, 0.3) is 10.8 Å². The van der Waals surface area contributed by atoms with Crippen molar-refractivity contribution in [1.82, 2.24) is 4.90 Å². The second kappa shape index (κ2) is 5.95. The maximum atomic E-state index is 13.1. The standard InChI is InChI=1S/C23H19NO3/c1-2-27-17-9-3-14(4-10-17)13-24-22(25)18-11-7-15-5-6-16-8-12-19(23(24)26)21(18)20(15)16/h3-4,7-12H,2,5-6,13H2,1H3. The highest BCUT2D eigenvalue weighted by molar-refractivity contribution is 6.26. The van der Waals surface area contributed by atoms with Gasteiger partial charge in [0.15, 0.2) is 0 Å². The van der Waals surface area contributed by atoms with Crippen molar-refractivity contribution in [2.24, 2.45) is 0 Å². The third-order valence-corrected chi connectivity index (χ3v) is 5.52. The van der Waals surface area contributed by atoms with Crippen LogP contribution in [0, 0.1) is 0 Å². The third-order valence-electron chi connectivity index (χ3n) is 5.52. The molecule has 27 heavy (non-hydrogen) atoms. The van der Waals surface area contributed by atoms with E-state index in [0.29, 0.717) is 17.7 Å². The molecule has 0 aromatic heterocycles. The highest BCUT2D eigenvalue weighted by Gasteiger charge is 2.34. The summed E-state index contributed by atoms with van der Waals surface area (Å²) in [6.07, 6.45) is 1.96. The first-order valence-electron chi connectivity index (χ1n) is 9.32. The van der Waals surface area contributed by atoms with Gasteiger partial charge in [-0.05, 0) is 66.1 Å². The Morgan fingerprint density at radius 3 is 1.96 bits per heavy atom. The zero-order valence-electron chi connectivity index (χ0n) is 15.1. The summed E-state index contributed by atoms with van der Waals surface area (Å²) in [4.78, 5) is 27.6. The van der Waals surface area contributed by atoms with Crippen LogP contribution in [-0.4, -0.2) is 23.3 Å². The average Bonchev–Trinajstić information content (AvgIpc) is 3.11. The van der Waals surface area contributed by atoms with Crippen molar-refractivity contribution in [3.63, 3.8) is 0 Å². The fraction of sp³-hybridized carbons (Fsp3) is 0.217. The molecule has 5 rings (SSSR count). The van der Waals surface area contributed by atoms with E-state index in [4.69, 9.17) is 4.74 Å². The van der Waals surface area contributed by atoms with E-state index >= 15 is 0 Å². The van der Waals surface area contributed by atoms with E-state index in [-0.39, 0.29) is 18.4 Å². The predicted octanol–water partition coefficient (Wildman–Crippen LogP) is 4.13. The summed E-state index contributed by atoms with van der Waals surface area (Å²) >= 11 is 0. The molecule has 4 heteroatoms. The molecule has 3 aromatic carbocycles. The van der Waals surface area contributed by atoms with Crippen molar-refractivity contribution in [1.29, 1.82) is 0 Å². The Morgan fingerprint density at radius 2 is 1.41 bits per heavy atom. The Labute approximate surface area is 157 Å². The Kier molecular flexibility index (Phi) is 3.54. The Morgan fingerprint density at radius 1 is 0.815 bits per heavy atom. The molecule has 1 aliphatic heterocycles. The minimum absolute atomic E-state index is 0.211. The smallest absolute Gasteiger partial charge is 0.261 e. The highest BCUT2D eigenvalue weighted by atomic mass is 16.5. The average molecular weight is 357 g/mol. The van der Waals surface area contributed by atoms with Crippen LogP contribution in [0.4, 0.5) is 0 Å². The molecule has 134 valence electrons. The summed E-state index contributed by atoms with van der Waals surface area (Å²) in [6.45, 7) is 2.80. The van der Waals surface area contributed by atoms with Crippen molar-refractivity contribution in [3.8, 4) is 5.75 Å². The summed E-state index contributed by atoms with van der Waals surface area (Å²) in [7, 11) is 0. The van der Waals surface area contributed by atoms with Crippen molar-refractivity contribution < 1.29 is 14.3 Å². The van der Waals surface area contributed by atoms with E-state index < -0.39 is 0 Å². The first-order valence-corrected chi connectivity index (χ1v) is 9.32. The topological polar surface area (TPSA) is 46.6 Å². The molecule has 0 radical (unpaired) electrons. The van der Waals surface area contributed by atoms with Crippen LogP contribution in [0.3, 0.4) is 0 Å². The normalized spacial score (nSPS) is 14.9. The van der Waals surface area contributed by atoms with Crippen molar-refractivity contribution in [3.05, 3.63) is 76.3 Å². The molecular weight excluding hydrogens is 338 g/mol. The SMILES string of the molecule is CCOc1ccc(CN2C(=O)c3ccc4c5c(ccc(c35)C2=O)CC4)cc1. The first kappa shape index (κ1) is 16.1. The number of carbonyl (C=O) groups excluding carboxylic acids is 2. The summed E-state index contributed by atoms with van der Waals surface area (Å²) in [6, 6.07) is 15.4. The number of amides is 2. The van der Waals surface area contributed by atoms with E-state index in [0.717, 1.165) is 34.9 Å². The van der Waals surface area contributed by atoms with Crippen molar-refractivity contribution in [2.45, 2.75) is 26.3 Å². The highest BCUT2D eigenvalue weighted by Crippen LogP contribution is 2.38. The van der Waals surface area contributed by atoms with Gasteiger partial charge in [0, 0.05) is 16.5 Å². The van der Waals surface area contributed by atoms with Gasteiger partial charge < -0.3 is 4.74 Å². The van der Waals surface area contributed by atoms with E-state index in [1.807, 2.05) is 55.5 Å². The molecule has 4 nitrogen and oxygen atoms in total. The number of benzene rings is 3. The molecule has 0 atom stereocenters. The summed E-state index contributed by atoms with van der Waals surface area (Å²) in [5, 5.41) is 1.97. The molecule has 0 saturated heterocycles. The fourth-order valence-electron chi connectivity index (χ4n) is 4.25. The molecule has 0 bridgehead atoms. The Hall–Kier alpha value is -3.14. The number of hydrogen-bond donors (Lipinski definition) is 0. The number of aryl methyl sites for hydroxylation is 2. The van der Waals surface area contributed by atoms with Crippen LogP contribution >= 0.6 is 0 Å². The number of ether oxygens (including phenoxy) is 1. The van der Waals surface area contributed by atoms with E-state index in [1.54, 1.807) is 0 Å². The molecule has 0 N–H and O–H groups in total. The molecule has 2 aliphatic rings. The van der Waals surface area contributed by atoms with Crippen molar-refractivity contribution in [2.75, 3.05) is 6.61 Å². The lowest BCUT2D eigenvalue weighted by atomic mass is 9.91. The molecule has 0 spiro atoms. The lowest BCUT2D eigenvalue weighted by molar-refractivity contribution is 0.0598. The van der Waals surface area contributed by atoms with E-state index in [1.165, 1.54) is 16.0 Å². The Bertz CT molecular complexity index is 1040. The summed E-state index contributed by atoms with van der Waals surface area (Å²) in [5.41, 5.74) is 4.66. The quantitative estimate of drug-likeness (QED) is 0.660. The van der Waals surface area contributed by atoms with Gasteiger partial charge in [0.2, 0.25) is 0 Å². The van der Waals surface area contributed by atoms with Gasteiger partial charge in [0.1, 0.15) is 5.75 Å². The van der Waals surface area contributed by atoms with Gasteiger partial charge in [-0.15, -0.1) is 0 Å². The van der Waals surface area contributed by atoms with Crippen LogP contribution in [0.1, 0.15) is 44.3 Å². The number of carbonyl (C=O) groups is 2. The third kappa shape index (κ3) is 2.36. The first-order chi connectivity index (χ1) is 13.2. The minimum atomic E-state index is -0.211. The van der Waals surface area contributed by atoms with E-state index in [2.05, 4.69) is 0 Å². The maximum absolute atomic E-state index is 13.1. The molecule has 0 unspecified atom stereocenters. The second-order valence-corrected chi connectivity index (χ2v) is 7.07. The molecule has 0 fully saturated rings. The van der Waals surface area contributed by atoms with Gasteiger partial charge in [-0.25, -0.2) is 0 Å². The van der Waals surface area contributed by atoms with Crippen molar-refractivity contribution >= 4 is 22.6 Å². The molecular formula is C23H19NO3. The number of hydrogen-bond acceptors (Lipinski definition) is 3. The molecule has 1 heterocycles. The Balaban J connectivity index is 1.55. The van der Waals surface area contributed by atoms with Crippen LogP contribution < -0.4 is 4.74 Å². The molecule has 3 aromatic rings.